The summed E-state index contributed by atoms with van der Waals surface area (Å²) in [6, 6.07) is 5.24. The van der Waals surface area contributed by atoms with Gasteiger partial charge in [-0.3, -0.25) is 4.79 Å². The summed E-state index contributed by atoms with van der Waals surface area (Å²) in [6.45, 7) is 0. The van der Waals surface area contributed by atoms with E-state index < -0.39 is 0 Å². The quantitative estimate of drug-likeness (QED) is 0.777. The van der Waals surface area contributed by atoms with Crippen molar-refractivity contribution in [2.24, 2.45) is 0 Å². The van der Waals surface area contributed by atoms with Crippen molar-refractivity contribution in [1.29, 1.82) is 0 Å². The summed E-state index contributed by atoms with van der Waals surface area (Å²) in [5.41, 5.74) is 1.78. The SMILES string of the molecule is O=C1c2cc(Cl)ccc2CCC1n1cncn1. The lowest BCUT2D eigenvalue weighted by molar-refractivity contribution is 0.0899. The van der Waals surface area contributed by atoms with E-state index in [2.05, 4.69) is 10.1 Å². The number of Topliss-reactive ketones (excluding diaryl/α,β-unsaturated/α-hetero) is 1. The summed E-state index contributed by atoms with van der Waals surface area (Å²) >= 11 is 5.93. The van der Waals surface area contributed by atoms with Gasteiger partial charge in [0, 0.05) is 10.6 Å². The third-order valence-electron chi connectivity index (χ3n) is 3.08. The van der Waals surface area contributed by atoms with Gasteiger partial charge in [-0.1, -0.05) is 17.7 Å². The molecule has 0 aliphatic heterocycles. The maximum Gasteiger partial charge on any atom is 0.187 e. The van der Waals surface area contributed by atoms with Crippen molar-refractivity contribution in [3.8, 4) is 0 Å². The fourth-order valence-electron chi connectivity index (χ4n) is 2.23. The zero-order chi connectivity index (χ0) is 11.8. The molecule has 4 nitrogen and oxygen atoms in total. The molecule has 2 aromatic rings. The van der Waals surface area contributed by atoms with Crippen LogP contribution in [-0.2, 0) is 6.42 Å². The van der Waals surface area contributed by atoms with Crippen molar-refractivity contribution >= 4 is 17.4 Å². The number of carbonyl (C=O) groups is 1. The minimum absolute atomic E-state index is 0.0688. The number of carbonyl (C=O) groups excluding carboxylic acids is 1. The molecular formula is C12H10ClN3O. The fourth-order valence-corrected chi connectivity index (χ4v) is 2.40. The molecule has 3 rings (SSSR count). The highest BCUT2D eigenvalue weighted by Crippen LogP contribution is 2.29. The van der Waals surface area contributed by atoms with Crippen LogP contribution in [0.25, 0.3) is 0 Å². The number of fused-ring (bicyclic) bond motifs is 1. The molecule has 0 saturated heterocycles. The molecule has 0 amide bonds. The number of hydrogen-bond donors (Lipinski definition) is 0. The predicted octanol–water partition coefficient (Wildman–Crippen LogP) is 2.30. The number of benzene rings is 1. The summed E-state index contributed by atoms with van der Waals surface area (Å²) in [4.78, 5) is 16.2. The van der Waals surface area contributed by atoms with Gasteiger partial charge in [0.25, 0.3) is 0 Å². The van der Waals surface area contributed by atoms with Crippen molar-refractivity contribution in [3.63, 3.8) is 0 Å². The number of nitrogens with zero attached hydrogens (tertiary/aromatic N) is 3. The molecule has 5 heteroatoms. The third kappa shape index (κ3) is 1.74. The Labute approximate surface area is 103 Å². The number of aryl methyl sites for hydroxylation is 1. The first-order valence-corrected chi connectivity index (χ1v) is 5.80. The molecule has 1 aromatic heterocycles. The van der Waals surface area contributed by atoms with Gasteiger partial charge in [-0.15, -0.1) is 0 Å². The first-order valence-electron chi connectivity index (χ1n) is 5.42. The Kier molecular flexibility index (Phi) is 2.44. The van der Waals surface area contributed by atoms with Crippen LogP contribution in [0.4, 0.5) is 0 Å². The average Bonchev–Trinajstić information content (AvgIpc) is 2.84. The summed E-state index contributed by atoms with van der Waals surface area (Å²) in [5, 5.41) is 4.63. The Morgan fingerprint density at radius 2 is 2.29 bits per heavy atom. The third-order valence-corrected chi connectivity index (χ3v) is 3.32. The minimum Gasteiger partial charge on any atom is -0.292 e. The zero-order valence-corrected chi connectivity index (χ0v) is 9.76. The van der Waals surface area contributed by atoms with Crippen LogP contribution in [0.15, 0.2) is 30.9 Å². The van der Waals surface area contributed by atoms with E-state index in [0.29, 0.717) is 10.6 Å². The lowest BCUT2D eigenvalue weighted by Crippen LogP contribution is -2.26. The fraction of sp³-hybridized carbons (Fsp3) is 0.250. The molecule has 17 heavy (non-hydrogen) atoms. The van der Waals surface area contributed by atoms with Crippen LogP contribution in [0.2, 0.25) is 5.02 Å². The molecular weight excluding hydrogens is 238 g/mol. The molecule has 1 heterocycles. The number of hydrogen-bond acceptors (Lipinski definition) is 3. The van der Waals surface area contributed by atoms with E-state index in [1.807, 2.05) is 12.1 Å². The Morgan fingerprint density at radius 1 is 1.41 bits per heavy atom. The number of aromatic nitrogens is 3. The van der Waals surface area contributed by atoms with E-state index >= 15 is 0 Å². The van der Waals surface area contributed by atoms with Gasteiger partial charge in [0.05, 0.1) is 0 Å². The van der Waals surface area contributed by atoms with E-state index in [9.17, 15) is 4.79 Å². The van der Waals surface area contributed by atoms with E-state index in [0.717, 1.165) is 18.4 Å². The first kappa shape index (κ1) is 10.5. The van der Waals surface area contributed by atoms with Gasteiger partial charge in [-0.05, 0) is 30.5 Å². The summed E-state index contributed by atoms with van der Waals surface area (Å²) in [5.74, 6) is 0.0688. The standard InChI is InChI=1S/C12H10ClN3O/c13-9-3-1-8-2-4-11(12(17)10(8)5-9)16-7-14-6-15-16/h1,3,5-7,11H,2,4H2. The molecule has 1 aromatic carbocycles. The summed E-state index contributed by atoms with van der Waals surface area (Å²) in [6.07, 6.45) is 4.65. The highest BCUT2D eigenvalue weighted by atomic mass is 35.5. The molecule has 1 unspecified atom stereocenters. The number of ketones is 1. The molecule has 0 N–H and O–H groups in total. The average molecular weight is 248 g/mol. The smallest absolute Gasteiger partial charge is 0.187 e. The predicted molar refractivity (Wildman–Crippen MR) is 63.2 cm³/mol. The van der Waals surface area contributed by atoms with Gasteiger partial charge in [-0.2, -0.15) is 5.10 Å². The van der Waals surface area contributed by atoms with Crippen molar-refractivity contribution in [2.45, 2.75) is 18.9 Å². The van der Waals surface area contributed by atoms with Crippen LogP contribution in [0.3, 0.4) is 0 Å². The monoisotopic (exact) mass is 247 g/mol. The van der Waals surface area contributed by atoms with Crippen LogP contribution < -0.4 is 0 Å². The molecule has 86 valence electrons. The van der Waals surface area contributed by atoms with Crippen LogP contribution in [0.5, 0.6) is 0 Å². The molecule has 0 bridgehead atoms. The van der Waals surface area contributed by atoms with Gasteiger partial charge in [0.1, 0.15) is 18.7 Å². The zero-order valence-electron chi connectivity index (χ0n) is 9.01. The molecule has 1 aliphatic carbocycles. The highest BCUT2D eigenvalue weighted by Gasteiger charge is 2.29. The van der Waals surface area contributed by atoms with Crippen LogP contribution in [0.1, 0.15) is 28.4 Å². The summed E-state index contributed by atoms with van der Waals surface area (Å²) in [7, 11) is 0. The second-order valence-electron chi connectivity index (χ2n) is 4.10. The highest BCUT2D eigenvalue weighted by molar-refractivity contribution is 6.31. The van der Waals surface area contributed by atoms with Crippen LogP contribution in [-0.4, -0.2) is 20.5 Å². The normalized spacial score (nSPS) is 19.1. The van der Waals surface area contributed by atoms with Gasteiger partial charge in [0.2, 0.25) is 0 Å². The van der Waals surface area contributed by atoms with Crippen LogP contribution >= 0.6 is 11.6 Å². The van der Waals surface area contributed by atoms with E-state index in [-0.39, 0.29) is 11.8 Å². The molecule has 0 spiro atoms. The topological polar surface area (TPSA) is 47.8 Å². The van der Waals surface area contributed by atoms with Crippen molar-refractivity contribution in [1.82, 2.24) is 14.8 Å². The Hall–Kier alpha value is -1.68. The van der Waals surface area contributed by atoms with E-state index in [1.165, 1.54) is 6.33 Å². The lowest BCUT2D eigenvalue weighted by atomic mass is 9.87. The molecule has 0 saturated carbocycles. The first-order chi connectivity index (χ1) is 8.25. The Morgan fingerprint density at radius 3 is 3.06 bits per heavy atom. The lowest BCUT2D eigenvalue weighted by Gasteiger charge is -2.23. The van der Waals surface area contributed by atoms with E-state index in [1.54, 1.807) is 17.1 Å². The maximum absolute atomic E-state index is 12.3. The number of rotatable bonds is 1. The van der Waals surface area contributed by atoms with Crippen molar-refractivity contribution < 1.29 is 4.79 Å². The molecule has 0 radical (unpaired) electrons. The second kappa shape index (κ2) is 3.96. The van der Waals surface area contributed by atoms with Gasteiger partial charge in [0.15, 0.2) is 5.78 Å². The van der Waals surface area contributed by atoms with Crippen LogP contribution in [0, 0.1) is 0 Å². The van der Waals surface area contributed by atoms with Gasteiger partial charge >= 0.3 is 0 Å². The number of halogens is 1. The summed E-state index contributed by atoms with van der Waals surface area (Å²) < 4.78 is 1.62. The largest absolute Gasteiger partial charge is 0.292 e. The Balaban J connectivity index is 2.03. The molecule has 1 aliphatic rings. The van der Waals surface area contributed by atoms with Gasteiger partial charge < -0.3 is 0 Å². The Bertz CT molecular complexity index is 565. The molecule has 0 fully saturated rings. The van der Waals surface area contributed by atoms with E-state index in [4.69, 9.17) is 11.6 Å². The maximum atomic E-state index is 12.3. The van der Waals surface area contributed by atoms with Crippen molar-refractivity contribution in [2.75, 3.05) is 0 Å². The van der Waals surface area contributed by atoms with Gasteiger partial charge in [-0.25, -0.2) is 9.67 Å². The van der Waals surface area contributed by atoms with Crippen molar-refractivity contribution in [3.05, 3.63) is 47.0 Å². The minimum atomic E-state index is -0.247. The second-order valence-corrected chi connectivity index (χ2v) is 4.53. The molecule has 1 atom stereocenters.